The molecule has 0 saturated heterocycles. The summed E-state index contributed by atoms with van der Waals surface area (Å²) in [6.07, 6.45) is 1.31. The second-order valence-corrected chi connectivity index (χ2v) is 5.17. The number of hydrogen-bond acceptors (Lipinski definition) is 2. The maximum atomic E-state index is 5.54. The molecule has 2 atom stereocenters. The summed E-state index contributed by atoms with van der Waals surface area (Å²) in [6, 6.07) is 9.15. The van der Waals surface area contributed by atoms with Gasteiger partial charge in [0.25, 0.3) is 0 Å². The molecule has 2 heteroatoms. The lowest BCUT2D eigenvalue weighted by Gasteiger charge is -2.08. The lowest BCUT2D eigenvalue weighted by atomic mass is 10.1. The first-order valence-corrected chi connectivity index (χ1v) is 6.66. The maximum absolute atomic E-state index is 5.54. The molecule has 0 aliphatic heterocycles. The largest absolute Gasteiger partial charge is 0.494 e. The highest BCUT2D eigenvalue weighted by Gasteiger charge is 2.37. The first kappa shape index (κ1) is 12.4. The van der Waals surface area contributed by atoms with Crippen molar-refractivity contribution < 1.29 is 4.74 Å². The minimum Gasteiger partial charge on any atom is -0.494 e. The summed E-state index contributed by atoms with van der Waals surface area (Å²) in [6.45, 7) is 8.31. The molecule has 0 aromatic heterocycles. The molecule has 0 heterocycles. The van der Waals surface area contributed by atoms with Crippen LogP contribution in [0.2, 0.25) is 0 Å². The van der Waals surface area contributed by atoms with Crippen molar-refractivity contribution >= 4 is 0 Å². The van der Waals surface area contributed by atoms with Gasteiger partial charge in [0.2, 0.25) is 0 Å². The van der Waals surface area contributed by atoms with Crippen LogP contribution in [-0.4, -0.2) is 19.2 Å². The molecule has 1 fully saturated rings. The van der Waals surface area contributed by atoms with Gasteiger partial charge in [0.15, 0.2) is 0 Å². The molecule has 1 aromatic carbocycles. The molecule has 2 unspecified atom stereocenters. The third kappa shape index (κ3) is 3.47. The van der Waals surface area contributed by atoms with Gasteiger partial charge in [0.05, 0.1) is 6.61 Å². The van der Waals surface area contributed by atoms with Crippen LogP contribution in [0.15, 0.2) is 24.3 Å². The van der Waals surface area contributed by atoms with Crippen LogP contribution in [0.25, 0.3) is 0 Å². The summed E-state index contributed by atoms with van der Waals surface area (Å²) in [5.74, 6) is 2.56. The molecule has 1 aliphatic carbocycles. The quantitative estimate of drug-likeness (QED) is 0.814. The van der Waals surface area contributed by atoms with Crippen molar-refractivity contribution in [2.75, 3.05) is 13.2 Å². The molecular weight excluding hydrogens is 210 g/mol. The van der Waals surface area contributed by atoms with E-state index < -0.39 is 0 Å². The summed E-state index contributed by atoms with van der Waals surface area (Å²) in [5, 5.41) is 3.52. The Bertz CT molecular complexity index is 362. The average molecular weight is 233 g/mol. The average Bonchev–Trinajstić information content (AvgIpc) is 3.07. The van der Waals surface area contributed by atoms with E-state index in [9.17, 15) is 0 Å². The summed E-state index contributed by atoms with van der Waals surface area (Å²) in [4.78, 5) is 0. The molecule has 0 radical (unpaired) electrons. The summed E-state index contributed by atoms with van der Waals surface area (Å²) >= 11 is 0. The Morgan fingerprint density at radius 1 is 1.41 bits per heavy atom. The van der Waals surface area contributed by atoms with E-state index in [1.165, 1.54) is 12.0 Å². The minimum absolute atomic E-state index is 0.589. The van der Waals surface area contributed by atoms with Crippen LogP contribution in [0, 0.1) is 5.92 Å². The van der Waals surface area contributed by atoms with Crippen LogP contribution in [0.3, 0.4) is 0 Å². The van der Waals surface area contributed by atoms with Crippen molar-refractivity contribution in [3.8, 4) is 5.75 Å². The van der Waals surface area contributed by atoms with Gasteiger partial charge in [-0.05, 0) is 49.4 Å². The number of ether oxygens (including phenoxy) is 1. The van der Waals surface area contributed by atoms with Gasteiger partial charge in [-0.2, -0.15) is 0 Å². The minimum atomic E-state index is 0.589. The second-order valence-electron chi connectivity index (χ2n) is 5.17. The zero-order valence-corrected chi connectivity index (χ0v) is 11.1. The van der Waals surface area contributed by atoms with Gasteiger partial charge in [0, 0.05) is 6.04 Å². The predicted molar refractivity (Wildman–Crippen MR) is 71.6 cm³/mol. The normalized spacial score (nSPS) is 22.8. The zero-order valence-electron chi connectivity index (χ0n) is 11.1. The Morgan fingerprint density at radius 3 is 2.94 bits per heavy atom. The predicted octanol–water partition coefficient (Wildman–Crippen LogP) is 3.19. The zero-order chi connectivity index (χ0) is 12.3. The Balaban J connectivity index is 1.89. The van der Waals surface area contributed by atoms with Crippen LogP contribution >= 0.6 is 0 Å². The molecular formula is C15H23NO. The smallest absolute Gasteiger partial charge is 0.119 e. The molecule has 17 heavy (non-hydrogen) atoms. The fourth-order valence-electron chi connectivity index (χ4n) is 2.27. The Morgan fingerprint density at radius 2 is 2.24 bits per heavy atom. The van der Waals surface area contributed by atoms with Gasteiger partial charge in [-0.3, -0.25) is 0 Å². The van der Waals surface area contributed by atoms with Gasteiger partial charge < -0.3 is 10.1 Å². The third-order valence-electron chi connectivity index (χ3n) is 3.31. The summed E-state index contributed by atoms with van der Waals surface area (Å²) in [5.41, 5.74) is 1.44. The van der Waals surface area contributed by atoms with Gasteiger partial charge >= 0.3 is 0 Å². The molecule has 2 nitrogen and oxygen atoms in total. The first-order valence-electron chi connectivity index (χ1n) is 6.66. The SMILES string of the molecule is CCOc1cccc(C2CC2CNC(C)C)c1. The van der Waals surface area contributed by atoms with Gasteiger partial charge in [-0.1, -0.05) is 26.0 Å². The van der Waals surface area contributed by atoms with Gasteiger partial charge in [-0.15, -0.1) is 0 Å². The fourth-order valence-corrected chi connectivity index (χ4v) is 2.27. The topological polar surface area (TPSA) is 21.3 Å². The van der Waals surface area contributed by atoms with Crippen LogP contribution < -0.4 is 10.1 Å². The Labute approximate surface area is 104 Å². The van der Waals surface area contributed by atoms with E-state index in [1.807, 2.05) is 13.0 Å². The molecule has 0 spiro atoms. The first-order chi connectivity index (χ1) is 8.20. The number of nitrogens with one attached hydrogen (secondary N) is 1. The van der Waals surface area contributed by atoms with Crippen molar-refractivity contribution in [1.82, 2.24) is 5.32 Å². The van der Waals surface area contributed by atoms with E-state index in [0.717, 1.165) is 30.7 Å². The molecule has 94 valence electrons. The fraction of sp³-hybridized carbons (Fsp3) is 0.600. The Hall–Kier alpha value is -1.02. The van der Waals surface area contributed by atoms with Gasteiger partial charge in [-0.25, -0.2) is 0 Å². The highest BCUT2D eigenvalue weighted by molar-refractivity contribution is 5.34. The van der Waals surface area contributed by atoms with Crippen molar-refractivity contribution in [2.24, 2.45) is 5.92 Å². The van der Waals surface area contributed by atoms with Crippen LogP contribution in [0.4, 0.5) is 0 Å². The van der Waals surface area contributed by atoms with Gasteiger partial charge in [0.1, 0.15) is 5.75 Å². The lowest BCUT2D eigenvalue weighted by Crippen LogP contribution is -2.25. The number of hydrogen-bond donors (Lipinski definition) is 1. The van der Waals surface area contributed by atoms with E-state index in [2.05, 4.69) is 37.4 Å². The van der Waals surface area contributed by atoms with E-state index in [0.29, 0.717) is 6.04 Å². The second kappa shape index (κ2) is 5.54. The monoisotopic (exact) mass is 233 g/mol. The van der Waals surface area contributed by atoms with Crippen molar-refractivity contribution in [1.29, 1.82) is 0 Å². The number of rotatable bonds is 6. The Kier molecular flexibility index (Phi) is 4.06. The van der Waals surface area contributed by atoms with Crippen molar-refractivity contribution in [3.63, 3.8) is 0 Å². The molecule has 1 aromatic rings. The number of benzene rings is 1. The summed E-state index contributed by atoms with van der Waals surface area (Å²) in [7, 11) is 0. The molecule has 1 aliphatic rings. The highest BCUT2D eigenvalue weighted by Crippen LogP contribution is 2.47. The van der Waals surface area contributed by atoms with E-state index in [4.69, 9.17) is 4.74 Å². The van der Waals surface area contributed by atoms with Crippen molar-refractivity contribution in [3.05, 3.63) is 29.8 Å². The van der Waals surface area contributed by atoms with E-state index in [-0.39, 0.29) is 0 Å². The lowest BCUT2D eigenvalue weighted by molar-refractivity contribution is 0.340. The van der Waals surface area contributed by atoms with E-state index >= 15 is 0 Å². The third-order valence-corrected chi connectivity index (χ3v) is 3.31. The standard InChI is InChI=1S/C15H23NO/c1-4-17-14-7-5-6-12(8-14)15-9-13(15)10-16-11(2)3/h5-8,11,13,15-16H,4,9-10H2,1-3H3. The molecule has 2 rings (SSSR count). The molecule has 0 bridgehead atoms. The van der Waals surface area contributed by atoms with Crippen LogP contribution in [0.1, 0.15) is 38.7 Å². The maximum Gasteiger partial charge on any atom is 0.119 e. The van der Waals surface area contributed by atoms with Crippen LogP contribution in [0.5, 0.6) is 5.75 Å². The van der Waals surface area contributed by atoms with Crippen molar-refractivity contribution in [2.45, 2.75) is 39.2 Å². The molecule has 1 N–H and O–H groups in total. The molecule has 0 amide bonds. The van der Waals surface area contributed by atoms with Crippen LogP contribution in [-0.2, 0) is 0 Å². The molecule has 1 saturated carbocycles. The summed E-state index contributed by atoms with van der Waals surface area (Å²) < 4.78 is 5.54. The van der Waals surface area contributed by atoms with E-state index in [1.54, 1.807) is 0 Å². The highest BCUT2D eigenvalue weighted by atomic mass is 16.5.